The van der Waals surface area contributed by atoms with E-state index in [4.69, 9.17) is 4.74 Å². The Hall–Kier alpha value is -1.13. The van der Waals surface area contributed by atoms with Crippen LogP contribution in [0.1, 0.15) is 32.3 Å². The van der Waals surface area contributed by atoms with Crippen LogP contribution >= 0.6 is 0 Å². The van der Waals surface area contributed by atoms with Gasteiger partial charge >= 0.3 is 0 Å². The van der Waals surface area contributed by atoms with Crippen molar-refractivity contribution in [2.24, 2.45) is 0 Å². The maximum Gasteiger partial charge on any atom is 0.213 e. The van der Waals surface area contributed by atoms with Crippen LogP contribution in [0.2, 0.25) is 0 Å². The first-order valence-electron chi connectivity index (χ1n) is 7.16. The Labute approximate surface area is 116 Å². The molecule has 1 aromatic heterocycles. The van der Waals surface area contributed by atoms with Crippen molar-refractivity contribution in [3.05, 3.63) is 23.9 Å². The zero-order chi connectivity index (χ0) is 13.7. The number of nitrogens with one attached hydrogen (secondary N) is 1. The fourth-order valence-electron chi connectivity index (χ4n) is 1.91. The van der Waals surface area contributed by atoms with Crippen LogP contribution in [0.4, 0.5) is 0 Å². The molecule has 0 atom stereocenters. The van der Waals surface area contributed by atoms with Crippen LogP contribution in [0.5, 0.6) is 5.88 Å². The molecule has 1 fully saturated rings. The highest BCUT2D eigenvalue weighted by Gasteiger charge is 2.25. The molecule has 0 unspecified atom stereocenters. The lowest BCUT2D eigenvalue weighted by Crippen LogP contribution is -2.26. The number of nitrogens with zero attached hydrogens (tertiary/aromatic N) is 2. The first kappa shape index (κ1) is 14.3. The van der Waals surface area contributed by atoms with Gasteiger partial charge in [0.05, 0.1) is 0 Å². The molecule has 0 bridgehead atoms. The minimum Gasteiger partial charge on any atom is -0.476 e. The van der Waals surface area contributed by atoms with Crippen LogP contribution < -0.4 is 10.1 Å². The van der Waals surface area contributed by atoms with Crippen LogP contribution in [-0.4, -0.2) is 42.2 Å². The third kappa shape index (κ3) is 5.17. The van der Waals surface area contributed by atoms with Crippen molar-refractivity contribution >= 4 is 0 Å². The predicted molar refractivity (Wildman–Crippen MR) is 77.4 cm³/mol. The maximum absolute atomic E-state index is 5.66. The Morgan fingerprint density at radius 2 is 2.21 bits per heavy atom. The van der Waals surface area contributed by atoms with E-state index in [2.05, 4.69) is 42.2 Å². The van der Waals surface area contributed by atoms with Crippen molar-refractivity contribution < 1.29 is 4.74 Å². The Morgan fingerprint density at radius 1 is 1.42 bits per heavy atom. The van der Waals surface area contributed by atoms with Crippen LogP contribution in [0.25, 0.3) is 0 Å². The summed E-state index contributed by atoms with van der Waals surface area (Å²) in [5.41, 5.74) is 1.19. The highest BCUT2D eigenvalue weighted by Crippen LogP contribution is 2.24. The third-order valence-corrected chi connectivity index (χ3v) is 3.38. The van der Waals surface area contributed by atoms with Crippen molar-refractivity contribution in [3.63, 3.8) is 0 Å². The van der Waals surface area contributed by atoms with Gasteiger partial charge in [-0.25, -0.2) is 4.98 Å². The number of aromatic nitrogens is 1. The normalized spacial score (nSPS) is 15.2. The Morgan fingerprint density at radius 3 is 2.79 bits per heavy atom. The summed E-state index contributed by atoms with van der Waals surface area (Å²) in [7, 11) is 2.16. The molecule has 106 valence electrons. The van der Waals surface area contributed by atoms with E-state index in [1.54, 1.807) is 0 Å². The molecule has 0 amide bonds. The van der Waals surface area contributed by atoms with Gasteiger partial charge in [0.2, 0.25) is 5.88 Å². The van der Waals surface area contributed by atoms with Gasteiger partial charge in [0.15, 0.2) is 0 Å². The van der Waals surface area contributed by atoms with Gasteiger partial charge in [-0.05, 0) is 25.5 Å². The molecule has 4 nitrogen and oxygen atoms in total. The smallest absolute Gasteiger partial charge is 0.213 e. The lowest BCUT2D eigenvalue weighted by Gasteiger charge is -2.15. The Kier molecular flexibility index (Phi) is 5.16. The lowest BCUT2D eigenvalue weighted by molar-refractivity contribution is 0.226. The van der Waals surface area contributed by atoms with Gasteiger partial charge in [-0.15, -0.1) is 0 Å². The average Bonchev–Trinajstić information content (AvgIpc) is 3.22. The summed E-state index contributed by atoms with van der Waals surface area (Å²) in [4.78, 5) is 6.70. The van der Waals surface area contributed by atoms with E-state index in [9.17, 15) is 0 Å². The van der Waals surface area contributed by atoms with Gasteiger partial charge in [0.25, 0.3) is 0 Å². The van der Waals surface area contributed by atoms with Crippen LogP contribution in [0, 0.1) is 0 Å². The molecule has 0 spiro atoms. The van der Waals surface area contributed by atoms with Crippen LogP contribution in [-0.2, 0) is 6.54 Å². The highest BCUT2D eigenvalue weighted by atomic mass is 16.5. The molecule has 2 rings (SSSR count). The molecule has 19 heavy (non-hydrogen) atoms. The number of rotatable bonds is 8. The summed E-state index contributed by atoms with van der Waals surface area (Å²) in [5, 5.41) is 3.37. The largest absolute Gasteiger partial charge is 0.476 e. The van der Waals surface area contributed by atoms with E-state index in [0.29, 0.717) is 12.6 Å². The molecule has 0 radical (unpaired) electrons. The third-order valence-electron chi connectivity index (χ3n) is 3.38. The standard InChI is InChI=1S/C15H25N3O/c1-12(2)16-10-13-4-7-15(17-11-13)19-9-8-18(3)14-5-6-14/h4,7,11-12,14,16H,5-6,8-10H2,1-3H3. The van der Waals surface area contributed by atoms with Crippen molar-refractivity contribution in [1.29, 1.82) is 0 Å². The Bertz CT molecular complexity index is 373. The molecule has 1 saturated carbocycles. The first-order valence-corrected chi connectivity index (χ1v) is 7.16. The SMILES string of the molecule is CC(C)NCc1ccc(OCCN(C)C2CC2)nc1. The van der Waals surface area contributed by atoms with Crippen molar-refractivity contribution in [1.82, 2.24) is 15.2 Å². The van der Waals surface area contributed by atoms with E-state index in [1.165, 1.54) is 18.4 Å². The quantitative estimate of drug-likeness (QED) is 0.779. The van der Waals surface area contributed by atoms with E-state index in [-0.39, 0.29) is 0 Å². The molecule has 4 heteroatoms. The van der Waals surface area contributed by atoms with E-state index in [1.807, 2.05) is 12.3 Å². The molecule has 0 aromatic carbocycles. The lowest BCUT2D eigenvalue weighted by atomic mass is 10.2. The zero-order valence-electron chi connectivity index (χ0n) is 12.2. The predicted octanol–water partition coefficient (Wildman–Crippen LogP) is 2.05. The minimum absolute atomic E-state index is 0.494. The fraction of sp³-hybridized carbons (Fsp3) is 0.667. The molecule has 1 heterocycles. The van der Waals surface area contributed by atoms with Gasteiger partial charge in [-0.2, -0.15) is 0 Å². The van der Waals surface area contributed by atoms with Crippen LogP contribution in [0.3, 0.4) is 0 Å². The summed E-state index contributed by atoms with van der Waals surface area (Å²) < 4.78 is 5.66. The number of likely N-dealkylation sites (N-methyl/N-ethyl adjacent to an activating group) is 1. The molecule has 1 aliphatic rings. The zero-order valence-corrected chi connectivity index (χ0v) is 12.2. The number of pyridine rings is 1. The van der Waals surface area contributed by atoms with Crippen molar-refractivity contribution in [2.75, 3.05) is 20.2 Å². The second kappa shape index (κ2) is 6.87. The van der Waals surface area contributed by atoms with E-state index in [0.717, 1.165) is 25.0 Å². The summed E-state index contributed by atoms with van der Waals surface area (Å²) in [6.07, 6.45) is 4.56. The summed E-state index contributed by atoms with van der Waals surface area (Å²) in [6.45, 7) is 6.82. The van der Waals surface area contributed by atoms with E-state index < -0.39 is 0 Å². The van der Waals surface area contributed by atoms with Gasteiger partial charge in [0, 0.05) is 37.4 Å². The Balaban J connectivity index is 1.68. The number of ether oxygens (including phenoxy) is 1. The molecule has 0 saturated heterocycles. The minimum atomic E-state index is 0.494. The monoisotopic (exact) mass is 263 g/mol. The number of hydrogen-bond donors (Lipinski definition) is 1. The van der Waals surface area contributed by atoms with Crippen molar-refractivity contribution in [3.8, 4) is 5.88 Å². The first-order chi connectivity index (χ1) is 9.15. The number of hydrogen-bond acceptors (Lipinski definition) is 4. The average molecular weight is 263 g/mol. The summed E-state index contributed by atoms with van der Waals surface area (Å²) in [5.74, 6) is 0.720. The molecule has 1 aromatic rings. The fourth-order valence-corrected chi connectivity index (χ4v) is 1.91. The molecule has 1 aliphatic carbocycles. The molecule has 1 N–H and O–H groups in total. The van der Waals surface area contributed by atoms with Gasteiger partial charge in [-0.1, -0.05) is 19.9 Å². The van der Waals surface area contributed by atoms with Crippen molar-refractivity contribution in [2.45, 2.75) is 45.3 Å². The second-order valence-corrected chi connectivity index (χ2v) is 5.60. The molecular formula is C15H25N3O. The summed E-state index contributed by atoms with van der Waals surface area (Å²) in [6, 6.07) is 5.31. The van der Waals surface area contributed by atoms with Gasteiger partial charge in [0.1, 0.15) is 6.61 Å². The highest BCUT2D eigenvalue weighted by molar-refractivity contribution is 5.17. The summed E-state index contributed by atoms with van der Waals surface area (Å²) >= 11 is 0. The van der Waals surface area contributed by atoms with E-state index >= 15 is 0 Å². The topological polar surface area (TPSA) is 37.4 Å². The molecular weight excluding hydrogens is 238 g/mol. The van der Waals surface area contributed by atoms with Gasteiger partial charge < -0.3 is 15.0 Å². The molecule has 0 aliphatic heterocycles. The van der Waals surface area contributed by atoms with Crippen LogP contribution in [0.15, 0.2) is 18.3 Å². The van der Waals surface area contributed by atoms with Gasteiger partial charge in [-0.3, -0.25) is 0 Å². The second-order valence-electron chi connectivity index (χ2n) is 5.60. The maximum atomic E-state index is 5.66.